The second-order valence-corrected chi connectivity index (χ2v) is 6.50. The fourth-order valence-electron chi connectivity index (χ4n) is 2.51. The van der Waals surface area contributed by atoms with Gasteiger partial charge in [0.05, 0.1) is 5.38 Å². The van der Waals surface area contributed by atoms with Gasteiger partial charge in [-0.05, 0) is 35.2 Å². The molecule has 0 spiro atoms. The van der Waals surface area contributed by atoms with Crippen molar-refractivity contribution in [2.45, 2.75) is 5.38 Å². The van der Waals surface area contributed by atoms with Gasteiger partial charge in [-0.1, -0.05) is 24.3 Å². The predicted molar refractivity (Wildman–Crippen MR) is 87.0 cm³/mol. The highest BCUT2D eigenvalue weighted by molar-refractivity contribution is 7.19. The number of ether oxygens (including phenoxy) is 2. The molecule has 0 radical (unpaired) electrons. The number of rotatable bonds is 2. The Labute approximate surface area is 131 Å². The van der Waals surface area contributed by atoms with Crippen molar-refractivity contribution in [1.29, 1.82) is 0 Å². The third kappa shape index (κ3) is 2.37. The minimum absolute atomic E-state index is 0.168. The summed E-state index contributed by atoms with van der Waals surface area (Å²) in [5.41, 5.74) is 1.03. The van der Waals surface area contributed by atoms with Crippen LogP contribution in [0.25, 0.3) is 10.1 Å². The summed E-state index contributed by atoms with van der Waals surface area (Å²) < 4.78 is 12.4. The van der Waals surface area contributed by atoms with Crippen molar-refractivity contribution in [3.63, 3.8) is 0 Å². The van der Waals surface area contributed by atoms with Crippen molar-refractivity contribution >= 4 is 33.0 Å². The van der Waals surface area contributed by atoms with Gasteiger partial charge in [-0.2, -0.15) is 0 Å². The van der Waals surface area contributed by atoms with Crippen molar-refractivity contribution < 1.29 is 9.47 Å². The van der Waals surface area contributed by atoms with E-state index in [0.717, 1.165) is 21.9 Å². The average Bonchev–Trinajstić information content (AvgIpc) is 2.97. The number of fused-ring (bicyclic) bond motifs is 2. The highest BCUT2D eigenvalue weighted by Gasteiger charge is 2.18. The molecule has 4 heteroatoms. The summed E-state index contributed by atoms with van der Waals surface area (Å²) in [6.45, 7) is 1.19. The molecule has 0 bridgehead atoms. The number of halogens is 1. The van der Waals surface area contributed by atoms with Crippen LogP contribution in [0.2, 0.25) is 0 Å². The van der Waals surface area contributed by atoms with E-state index in [0.29, 0.717) is 13.2 Å². The normalized spacial score (nSPS) is 15.1. The van der Waals surface area contributed by atoms with Crippen molar-refractivity contribution in [3.05, 3.63) is 59.0 Å². The third-order valence-corrected chi connectivity index (χ3v) is 5.35. The van der Waals surface area contributed by atoms with Gasteiger partial charge in [0.15, 0.2) is 11.5 Å². The maximum atomic E-state index is 6.66. The average molecular weight is 317 g/mol. The Kier molecular flexibility index (Phi) is 3.24. The molecular weight excluding hydrogens is 304 g/mol. The number of alkyl halides is 1. The van der Waals surface area contributed by atoms with Crippen LogP contribution in [0, 0.1) is 0 Å². The molecular formula is C17H13ClO2S. The Morgan fingerprint density at radius 1 is 0.952 bits per heavy atom. The molecule has 0 saturated carbocycles. The molecule has 3 aromatic rings. The molecule has 0 aliphatic carbocycles. The number of hydrogen-bond donors (Lipinski definition) is 0. The van der Waals surface area contributed by atoms with Gasteiger partial charge in [-0.15, -0.1) is 22.9 Å². The molecule has 1 atom stereocenters. The predicted octanol–water partition coefficient (Wildman–Crippen LogP) is 5.00. The summed E-state index contributed by atoms with van der Waals surface area (Å²) >= 11 is 8.39. The number of benzene rings is 2. The first-order chi connectivity index (χ1) is 10.3. The van der Waals surface area contributed by atoms with Gasteiger partial charge in [0, 0.05) is 9.58 Å². The molecule has 2 aromatic carbocycles. The Morgan fingerprint density at radius 3 is 2.62 bits per heavy atom. The van der Waals surface area contributed by atoms with Gasteiger partial charge >= 0.3 is 0 Å². The van der Waals surface area contributed by atoms with Crippen molar-refractivity contribution in [1.82, 2.24) is 0 Å². The van der Waals surface area contributed by atoms with E-state index in [4.69, 9.17) is 21.1 Å². The molecule has 0 fully saturated rings. The van der Waals surface area contributed by atoms with Crippen LogP contribution in [0.4, 0.5) is 0 Å². The summed E-state index contributed by atoms with van der Waals surface area (Å²) in [5.74, 6) is 1.58. The van der Waals surface area contributed by atoms with E-state index in [2.05, 4.69) is 24.3 Å². The summed E-state index contributed by atoms with van der Waals surface area (Å²) in [5, 5.41) is 1.07. The highest BCUT2D eigenvalue weighted by Crippen LogP contribution is 2.40. The lowest BCUT2D eigenvalue weighted by atomic mass is 10.1. The SMILES string of the molecule is ClC(c1ccc2c(c1)OCCO2)c1cc2ccccc2s1. The Morgan fingerprint density at radius 2 is 1.76 bits per heavy atom. The van der Waals surface area contributed by atoms with E-state index in [1.807, 2.05) is 24.3 Å². The minimum atomic E-state index is -0.168. The smallest absolute Gasteiger partial charge is 0.161 e. The zero-order valence-electron chi connectivity index (χ0n) is 11.2. The van der Waals surface area contributed by atoms with Gasteiger partial charge in [-0.25, -0.2) is 0 Å². The molecule has 2 heterocycles. The first kappa shape index (κ1) is 13.0. The molecule has 21 heavy (non-hydrogen) atoms. The van der Waals surface area contributed by atoms with Crippen molar-refractivity contribution in [2.75, 3.05) is 13.2 Å². The van der Waals surface area contributed by atoms with Crippen molar-refractivity contribution in [2.24, 2.45) is 0 Å². The maximum absolute atomic E-state index is 6.66. The fourth-order valence-corrected chi connectivity index (χ4v) is 3.91. The van der Waals surface area contributed by atoms with Crippen molar-refractivity contribution in [3.8, 4) is 11.5 Å². The largest absolute Gasteiger partial charge is 0.486 e. The van der Waals surface area contributed by atoms with E-state index < -0.39 is 0 Å². The summed E-state index contributed by atoms with van der Waals surface area (Å²) in [6, 6.07) is 16.4. The van der Waals surface area contributed by atoms with Crippen LogP contribution in [0.15, 0.2) is 48.5 Å². The Balaban J connectivity index is 1.71. The monoisotopic (exact) mass is 316 g/mol. The number of hydrogen-bond acceptors (Lipinski definition) is 3. The highest BCUT2D eigenvalue weighted by atomic mass is 35.5. The molecule has 2 nitrogen and oxygen atoms in total. The Hall–Kier alpha value is -1.71. The molecule has 0 saturated heterocycles. The third-order valence-electron chi connectivity index (χ3n) is 3.55. The van der Waals surface area contributed by atoms with E-state index in [1.54, 1.807) is 11.3 Å². The van der Waals surface area contributed by atoms with E-state index in [9.17, 15) is 0 Å². The Bertz CT molecular complexity index is 763. The van der Waals surface area contributed by atoms with Gasteiger partial charge in [0.25, 0.3) is 0 Å². The number of thiophene rings is 1. The molecule has 1 aliphatic rings. The molecule has 0 amide bonds. The second-order valence-electron chi connectivity index (χ2n) is 4.95. The van der Waals surface area contributed by atoms with Crippen LogP contribution in [0.1, 0.15) is 15.8 Å². The lowest BCUT2D eigenvalue weighted by Crippen LogP contribution is -2.15. The van der Waals surface area contributed by atoms with Crippen LogP contribution in [-0.4, -0.2) is 13.2 Å². The lowest BCUT2D eigenvalue weighted by Gasteiger charge is -2.19. The minimum Gasteiger partial charge on any atom is -0.486 e. The van der Waals surface area contributed by atoms with E-state index in [-0.39, 0.29) is 5.38 Å². The van der Waals surface area contributed by atoms with Crippen LogP contribution >= 0.6 is 22.9 Å². The quantitative estimate of drug-likeness (QED) is 0.619. The summed E-state index contributed by atoms with van der Waals surface area (Å²) in [7, 11) is 0. The van der Waals surface area contributed by atoms with Crippen LogP contribution in [0.3, 0.4) is 0 Å². The first-order valence-electron chi connectivity index (χ1n) is 6.83. The van der Waals surface area contributed by atoms with Crippen LogP contribution in [-0.2, 0) is 0 Å². The van der Waals surface area contributed by atoms with E-state index >= 15 is 0 Å². The van der Waals surface area contributed by atoms with Crippen LogP contribution < -0.4 is 9.47 Å². The zero-order chi connectivity index (χ0) is 14.2. The molecule has 1 aliphatic heterocycles. The maximum Gasteiger partial charge on any atom is 0.161 e. The van der Waals surface area contributed by atoms with Gasteiger partial charge < -0.3 is 9.47 Å². The van der Waals surface area contributed by atoms with Gasteiger partial charge in [0.2, 0.25) is 0 Å². The molecule has 106 valence electrons. The summed E-state index contributed by atoms with van der Waals surface area (Å²) in [6.07, 6.45) is 0. The van der Waals surface area contributed by atoms with Gasteiger partial charge in [0.1, 0.15) is 13.2 Å². The van der Waals surface area contributed by atoms with Gasteiger partial charge in [-0.3, -0.25) is 0 Å². The zero-order valence-corrected chi connectivity index (χ0v) is 12.8. The lowest BCUT2D eigenvalue weighted by molar-refractivity contribution is 0.171. The second kappa shape index (κ2) is 5.24. The molecule has 4 rings (SSSR count). The van der Waals surface area contributed by atoms with Crippen LogP contribution in [0.5, 0.6) is 11.5 Å². The summed E-state index contributed by atoms with van der Waals surface area (Å²) in [4.78, 5) is 1.15. The fraction of sp³-hybridized carbons (Fsp3) is 0.176. The topological polar surface area (TPSA) is 18.5 Å². The molecule has 0 N–H and O–H groups in total. The molecule has 1 unspecified atom stereocenters. The first-order valence-corrected chi connectivity index (χ1v) is 8.09. The standard InChI is InChI=1S/C17H13ClO2S/c18-17(16-10-11-3-1-2-4-15(11)21-16)12-5-6-13-14(9-12)20-8-7-19-13/h1-6,9-10,17H,7-8H2. The van der Waals surface area contributed by atoms with E-state index in [1.165, 1.54) is 10.1 Å². The molecule has 1 aromatic heterocycles.